The molecule has 0 aromatic heterocycles. The van der Waals surface area contributed by atoms with Crippen LogP contribution in [0.5, 0.6) is 0 Å². The molecule has 0 spiro atoms. The molecule has 0 saturated heterocycles. The van der Waals surface area contributed by atoms with Crippen molar-refractivity contribution < 1.29 is 4.39 Å². The van der Waals surface area contributed by atoms with Gasteiger partial charge in [-0.1, -0.05) is 98.8 Å². The molecule has 4 atom stereocenters. The van der Waals surface area contributed by atoms with Gasteiger partial charge in [-0.05, 0) is 48.3 Å². The Morgan fingerprint density at radius 1 is 0.897 bits per heavy atom. The highest BCUT2D eigenvalue weighted by Gasteiger charge is 2.42. The topological polar surface area (TPSA) is 0 Å². The minimum Gasteiger partial charge on any atom is -0.251 e. The van der Waals surface area contributed by atoms with Gasteiger partial charge in [-0.3, -0.25) is 4.39 Å². The summed E-state index contributed by atoms with van der Waals surface area (Å²) >= 11 is 0. The second-order valence-corrected chi connectivity index (χ2v) is 9.74. The third-order valence-corrected chi connectivity index (χ3v) is 8.24. The Labute approximate surface area is 183 Å². The van der Waals surface area contributed by atoms with Gasteiger partial charge in [0.1, 0.15) is 0 Å². The summed E-state index contributed by atoms with van der Waals surface area (Å²) in [4.78, 5) is 0. The van der Waals surface area contributed by atoms with Gasteiger partial charge in [0.25, 0.3) is 0 Å². The molecule has 1 saturated carbocycles. The summed E-state index contributed by atoms with van der Waals surface area (Å²) in [5, 5.41) is 0. The van der Waals surface area contributed by atoms with Gasteiger partial charge in [0.15, 0.2) is 0 Å². The molecule has 1 aliphatic rings. The molecule has 1 fully saturated rings. The van der Waals surface area contributed by atoms with E-state index in [-0.39, 0.29) is 12.1 Å². The lowest BCUT2D eigenvalue weighted by Crippen LogP contribution is -2.39. The predicted molar refractivity (Wildman–Crippen MR) is 128 cm³/mol. The summed E-state index contributed by atoms with van der Waals surface area (Å²) in [5.41, 5.74) is 0.268. The lowest BCUT2D eigenvalue weighted by Gasteiger charge is -2.47. The number of hydrogen-bond donors (Lipinski definition) is 0. The first-order valence-corrected chi connectivity index (χ1v) is 13.1. The third kappa shape index (κ3) is 8.26. The van der Waals surface area contributed by atoms with Gasteiger partial charge in [0.05, 0.1) is 6.67 Å². The summed E-state index contributed by atoms with van der Waals surface area (Å²) in [7, 11) is 0. The van der Waals surface area contributed by atoms with Crippen molar-refractivity contribution in [2.45, 2.75) is 131 Å². The van der Waals surface area contributed by atoms with Gasteiger partial charge in [0, 0.05) is 12.8 Å². The van der Waals surface area contributed by atoms with Gasteiger partial charge >= 0.3 is 0 Å². The maximum Gasteiger partial charge on any atom is 0.0897 e. The quantitative estimate of drug-likeness (QED) is 0.283. The average Bonchev–Trinajstić information content (AvgIpc) is 2.72. The van der Waals surface area contributed by atoms with Crippen LogP contribution >= 0.6 is 0 Å². The fourth-order valence-electron chi connectivity index (χ4n) is 6.58. The molecule has 0 aromatic rings. The minimum atomic E-state index is -0.152. The van der Waals surface area contributed by atoms with Crippen molar-refractivity contribution in [3.63, 3.8) is 0 Å². The zero-order chi connectivity index (χ0) is 21.5. The molecule has 1 aliphatic carbocycles. The van der Waals surface area contributed by atoms with Crippen LogP contribution in [0, 0.1) is 40.9 Å². The monoisotopic (exact) mass is 406 g/mol. The van der Waals surface area contributed by atoms with Crippen LogP contribution in [0.4, 0.5) is 4.39 Å². The zero-order valence-corrected chi connectivity index (χ0v) is 20.5. The number of hydrogen-bond acceptors (Lipinski definition) is 0. The van der Waals surface area contributed by atoms with Crippen molar-refractivity contribution in [2.24, 2.45) is 29.1 Å². The highest BCUT2D eigenvalue weighted by molar-refractivity contribution is 5.01. The molecule has 1 heteroatoms. The second kappa shape index (κ2) is 15.3. The standard InChI is InChI=1S/C28H51F/c1-6-11-12-13-22-28(9-4,10-5)27(21-23-29)26-20-19-24(15-7-2)17-14-18-25(26)16-8-3/h24-27H,6-10,13-23H2,1-5H3. The molecular formula is C28H51F. The van der Waals surface area contributed by atoms with Gasteiger partial charge in [-0.25, -0.2) is 0 Å². The van der Waals surface area contributed by atoms with Crippen molar-refractivity contribution in [1.82, 2.24) is 0 Å². The highest BCUT2D eigenvalue weighted by Crippen LogP contribution is 2.51. The lowest BCUT2D eigenvalue weighted by atomic mass is 9.57. The van der Waals surface area contributed by atoms with Crippen molar-refractivity contribution in [3.05, 3.63) is 0 Å². The Bertz CT molecular complexity index is 453. The number of alkyl halides is 1. The smallest absolute Gasteiger partial charge is 0.0897 e. The fourth-order valence-corrected chi connectivity index (χ4v) is 6.58. The summed E-state index contributed by atoms with van der Waals surface area (Å²) in [6.45, 7) is 11.4. The van der Waals surface area contributed by atoms with Crippen LogP contribution in [-0.2, 0) is 0 Å². The Kier molecular flexibility index (Phi) is 14.0. The molecule has 0 aliphatic heterocycles. The van der Waals surface area contributed by atoms with E-state index in [0.29, 0.717) is 11.8 Å². The van der Waals surface area contributed by atoms with Crippen molar-refractivity contribution in [2.75, 3.05) is 6.67 Å². The van der Waals surface area contributed by atoms with Crippen molar-refractivity contribution in [3.8, 4) is 11.8 Å². The van der Waals surface area contributed by atoms with Gasteiger partial charge < -0.3 is 0 Å². The van der Waals surface area contributed by atoms with Crippen LogP contribution in [0.2, 0.25) is 0 Å². The Morgan fingerprint density at radius 2 is 1.62 bits per heavy atom. The largest absolute Gasteiger partial charge is 0.251 e. The Hall–Kier alpha value is -0.510. The molecule has 29 heavy (non-hydrogen) atoms. The molecule has 0 amide bonds. The SMILES string of the molecule is CCC#CCCC(CC)(CC)C(CCF)C1CCC(CCC)CCCC1CCC. The summed E-state index contributed by atoms with van der Waals surface area (Å²) < 4.78 is 13.9. The van der Waals surface area contributed by atoms with E-state index >= 15 is 0 Å². The fraction of sp³-hybridized carbons (Fsp3) is 0.929. The Morgan fingerprint density at radius 3 is 2.21 bits per heavy atom. The molecule has 0 nitrogen and oxygen atoms in total. The van der Waals surface area contributed by atoms with E-state index in [1.807, 2.05) is 0 Å². The van der Waals surface area contributed by atoms with Crippen LogP contribution in [0.25, 0.3) is 0 Å². The maximum absolute atomic E-state index is 13.9. The Balaban J connectivity index is 3.15. The number of rotatable bonds is 12. The third-order valence-electron chi connectivity index (χ3n) is 8.24. The summed E-state index contributed by atoms with van der Waals surface area (Å²) in [6.07, 6.45) is 18.4. The van der Waals surface area contributed by atoms with Crippen LogP contribution in [0.1, 0.15) is 131 Å². The van der Waals surface area contributed by atoms with Gasteiger partial charge in [0.2, 0.25) is 0 Å². The van der Waals surface area contributed by atoms with Crippen LogP contribution in [-0.4, -0.2) is 6.67 Å². The molecule has 0 bridgehead atoms. The molecule has 0 heterocycles. The molecular weight excluding hydrogens is 355 g/mol. The van der Waals surface area contributed by atoms with E-state index in [9.17, 15) is 4.39 Å². The minimum absolute atomic E-state index is 0.152. The normalized spacial score (nSPS) is 24.3. The molecule has 0 aromatic carbocycles. The van der Waals surface area contributed by atoms with Crippen LogP contribution < -0.4 is 0 Å². The number of halogens is 1. The van der Waals surface area contributed by atoms with E-state index in [0.717, 1.165) is 37.5 Å². The molecule has 0 radical (unpaired) electrons. The lowest BCUT2D eigenvalue weighted by molar-refractivity contribution is 0.0184. The first kappa shape index (κ1) is 26.5. The molecule has 4 unspecified atom stereocenters. The van der Waals surface area contributed by atoms with Gasteiger partial charge in [-0.2, -0.15) is 0 Å². The zero-order valence-electron chi connectivity index (χ0n) is 20.5. The maximum atomic E-state index is 13.9. The van der Waals surface area contributed by atoms with E-state index in [2.05, 4.69) is 46.5 Å². The van der Waals surface area contributed by atoms with Crippen molar-refractivity contribution in [1.29, 1.82) is 0 Å². The van der Waals surface area contributed by atoms with E-state index in [1.165, 1.54) is 70.6 Å². The molecule has 1 rings (SSSR count). The molecule has 0 N–H and O–H groups in total. The molecule has 170 valence electrons. The van der Waals surface area contributed by atoms with Crippen LogP contribution in [0.3, 0.4) is 0 Å². The average molecular weight is 407 g/mol. The van der Waals surface area contributed by atoms with Crippen LogP contribution in [0.15, 0.2) is 0 Å². The predicted octanol–water partition coefficient (Wildman–Crippen LogP) is 9.38. The van der Waals surface area contributed by atoms with E-state index < -0.39 is 0 Å². The second-order valence-electron chi connectivity index (χ2n) is 9.74. The van der Waals surface area contributed by atoms with E-state index in [1.54, 1.807) is 0 Å². The summed E-state index contributed by atoms with van der Waals surface area (Å²) in [5.74, 6) is 9.61. The van der Waals surface area contributed by atoms with Crippen molar-refractivity contribution >= 4 is 0 Å². The van der Waals surface area contributed by atoms with Gasteiger partial charge in [-0.15, -0.1) is 11.8 Å². The highest BCUT2D eigenvalue weighted by atomic mass is 19.1. The first-order valence-electron chi connectivity index (χ1n) is 13.1. The first-order chi connectivity index (χ1) is 14.1. The summed E-state index contributed by atoms with van der Waals surface area (Å²) in [6, 6.07) is 0. The van der Waals surface area contributed by atoms with E-state index in [4.69, 9.17) is 0 Å².